The minimum absolute atomic E-state index is 0.0305. The van der Waals surface area contributed by atoms with Crippen LogP contribution in [0.2, 0.25) is 0 Å². The second kappa shape index (κ2) is 19.1. The molecule has 1 aromatic rings. The molecular formula is C34H51NO9. The molecule has 0 saturated carbocycles. The van der Waals surface area contributed by atoms with Crippen molar-refractivity contribution in [2.45, 2.75) is 136 Å². The molecule has 10 heteroatoms. The van der Waals surface area contributed by atoms with Crippen LogP contribution in [-0.4, -0.2) is 71.5 Å². The van der Waals surface area contributed by atoms with Crippen LogP contribution in [0.5, 0.6) is 5.75 Å². The highest BCUT2D eigenvalue weighted by Crippen LogP contribution is 2.21. The van der Waals surface area contributed by atoms with E-state index in [9.17, 15) is 24.0 Å². The molecule has 0 spiro atoms. The van der Waals surface area contributed by atoms with E-state index in [1.54, 1.807) is 32.9 Å². The Morgan fingerprint density at radius 3 is 2.09 bits per heavy atom. The molecule has 1 aliphatic rings. The average molecular weight is 618 g/mol. The number of hydrogen-bond donors (Lipinski definition) is 0. The minimum atomic E-state index is -1.22. The van der Waals surface area contributed by atoms with Gasteiger partial charge in [-0.1, -0.05) is 50.3 Å². The van der Waals surface area contributed by atoms with Crippen molar-refractivity contribution in [2.75, 3.05) is 13.2 Å². The number of nitrogens with zero attached hydrogens (tertiary/aromatic N) is 1. The lowest BCUT2D eigenvalue weighted by molar-refractivity contribution is -0.164. The van der Waals surface area contributed by atoms with Gasteiger partial charge in [-0.2, -0.15) is 0 Å². The topological polar surface area (TPSA) is 126 Å². The molecule has 0 radical (unpaired) electrons. The fourth-order valence-electron chi connectivity index (χ4n) is 5.10. The van der Waals surface area contributed by atoms with Gasteiger partial charge < -0.3 is 23.8 Å². The quantitative estimate of drug-likeness (QED) is 0.252. The Morgan fingerprint density at radius 2 is 1.48 bits per heavy atom. The Morgan fingerprint density at radius 1 is 0.886 bits per heavy atom. The average Bonchev–Trinajstić information content (AvgIpc) is 2.94. The van der Waals surface area contributed by atoms with Gasteiger partial charge in [0.15, 0.2) is 11.9 Å². The first-order chi connectivity index (χ1) is 20.9. The van der Waals surface area contributed by atoms with Crippen molar-refractivity contribution in [3.05, 3.63) is 30.3 Å². The first-order valence-corrected chi connectivity index (χ1v) is 16.0. The van der Waals surface area contributed by atoms with Crippen LogP contribution in [0, 0.1) is 0 Å². The molecule has 0 bridgehead atoms. The molecule has 0 N–H and O–H groups in total. The summed E-state index contributed by atoms with van der Waals surface area (Å²) >= 11 is 0. The standard InChI is InChI=1S/C34H51NO9/c1-25-16-12-9-7-6-8-10-15-19-29(43-30(37)20-21-31(38)44-34(3,4)5)33(40)28(24-32(39)42-25)35(26(2)36)22-23-41-27-17-13-11-14-18-27/h11,13-14,17-18,25,28-29H,6-10,12,15-16,19-24H2,1-5H3/t25-,28?,29+/m1/s1. The lowest BCUT2D eigenvalue weighted by atomic mass is 9.97. The van der Waals surface area contributed by atoms with E-state index in [1.807, 2.05) is 25.1 Å². The summed E-state index contributed by atoms with van der Waals surface area (Å²) in [6, 6.07) is 7.84. The van der Waals surface area contributed by atoms with Crippen molar-refractivity contribution in [3.63, 3.8) is 0 Å². The van der Waals surface area contributed by atoms with Gasteiger partial charge in [0.1, 0.15) is 24.0 Å². The van der Waals surface area contributed by atoms with Crippen LogP contribution < -0.4 is 4.74 Å². The smallest absolute Gasteiger partial charge is 0.308 e. The molecule has 0 aliphatic carbocycles. The van der Waals surface area contributed by atoms with Gasteiger partial charge in [0, 0.05) is 6.92 Å². The van der Waals surface area contributed by atoms with Crippen LogP contribution >= 0.6 is 0 Å². The van der Waals surface area contributed by atoms with Gasteiger partial charge in [-0.3, -0.25) is 24.0 Å². The van der Waals surface area contributed by atoms with Crippen molar-refractivity contribution < 1.29 is 42.9 Å². The van der Waals surface area contributed by atoms with E-state index >= 15 is 0 Å². The number of benzene rings is 1. The molecular weight excluding hydrogens is 566 g/mol. The molecule has 246 valence electrons. The van der Waals surface area contributed by atoms with Gasteiger partial charge in [0.05, 0.1) is 31.9 Å². The normalized spacial score (nSPS) is 21.1. The Labute approximate surface area is 262 Å². The summed E-state index contributed by atoms with van der Waals surface area (Å²) in [6.07, 6.45) is 5.16. The molecule has 1 aromatic carbocycles. The van der Waals surface area contributed by atoms with E-state index < -0.39 is 47.3 Å². The number of hydrogen-bond acceptors (Lipinski definition) is 9. The van der Waals surface area contributed by atoms with E-state index in [0.29, 0.717) is 18.6 Å². The fourth-order valence-corrected chi connectivity index (χ4v) is 5.10. The van der Waals surface area contributed by atoms with Gasteiger partial charge >= 0.3 is 17.9 Å². The summed E-state index contributed by atoms with van der Waals surface area (Å²) in [5, 5.41) is 0. The summed E-state index contributed by atoms with van der Waals surface area (Å²) in [5.74, 6) is -2.25. The predicted octanol–water partition coefficient (Wildman–Crippen LogP) is 5.73. The summed E-state index contributed by atoms with van der Waals surface area (Å²) in [6.45, 7) is 8.46. The SMILES string of the molecule is CC(=O)N(CCOc1ccccc1)C1CC(=O)O[C@H](C)CCCCCCCCC[C@H](OC(=O)CCC(=O)OC(C)(C)C)C1=O. The van der Waals surface area contributed by atoms with E-state index in [0.717, 1.165) is 38.5 Å². The third kappa shape index (κ3) is 14.8. The van der Waals surface area contributed by atoms with Crippen molar-refractivity contribution in [3.8, 4) is 5.75 Å². The molecule has 0 aromatic heterocycles. The summed E-state index contributed by atoms with van der Waals surface area (Å²) in [5.41, 5.74) is -0.695. The van der Waals surface area contributed by atoms with E-state index in [4.69, 9.17) is 18.9 Å². The van der Waals surface area contributed by atoms with Gasteiger partial charge in [0.25, 0.3) is 0 Å². The number of esters is 3. The number of Topliss-reactive ketones (excluding diaryl/α,β-unsaturated/α-hetero) is 1. The molecule has 1 heterocycles. The number of carbonyl (C=O) groups excluding carboxylic acids is 5. The van der Waals surface area contributed by atoms with Gasteiger partial charge in [0.2, 0.25) is 5.91 Å². The van der Waals surface area contributed by atoms with E-state index in [2.05, 4.69) is 0 Å². The molecule has 2 rings (SSSR count). The zero-order valence-corrected chi connectivity index (χ0v) is 27.1. The second-order valence-electron chi connectivity index (χ2n) is 12.4. The van der Waals surface area contributed by atoms with Crippen molar-refractivity contribution in [2.24, 2.45) is 0 Å². The van der Waals surface area contributed by atoms with Crippen LogP contribution in [0.1, 0.15) is 112 Å². The first kappa shape index (κ1) is 36.8. The third-order valence-corrected chi connectivity index (χ3v) is 7.27. The van der Waals surface area contributed by atoms with Crippen LogP contribution in [-0.2, 0) is 38.2 Å². The van der Waals surface area contributed by atoms with Gasteiger partial charge in [-0.15, -0.1) is 0 Å². The molecule has 44 heavy (non-hydrogen) atoms. The largest absolute Gasteiger partial charge is 0.492 e. The van der Waals surface area contributed by atoms with Crippen LogP contribution in [0.15, 0.2) is 30.3 Å². The number of carbonyl (C=O) groups is 5. The van der Waals surface area contributed by atoms with Crippen molar-refractivity contribution >= 4 is 29.6 Å². The summed E-state index contributed by atoms with van der Waals surface area (Å²) < 4.78 is 22.4. The van der Waals surface area contributed by atoms with E-state index in [1.165, 1.54) is 11.8 Å². The highest BCUT2D eigenvalue weighted by Gasteiger charge is 2.37. The Bertz CT molecular complexity index is 1070. The molecule has 1 amide bonds. The van der Waals surface area contributed by atoms with Crippen LogP contribution in [0.3, 0.4) is 0 Å². The Balaban J connectivity index is 2.27. The second-order valence-corrected chi connectivity index (χ2v) is 12.4. The molecule has 3 atom stereocenters. The number of rotatable bonds is 9. The number of ketones is 1. The van der Waals surface area contributed by atoms with Crippen LogP contribution in [0.4, 0.5) is 0 Å². The van der Waals surface area contributed by atoms with E-state index in [-0.39, 0.29) is 44.9 Å². The first-order valence-electron chi connectivity index (χ1n) is 16.0. The fraction of sp³-hybridized carbons (Fsp3) is 0.676. The predicted molar refractivity (Wildman–Crippen MR) is 165 cm³/mol. The number of cyclic esters (lactones) is 1. The highest BCUT2D eigenvalue weighted by atomic mass is 16.6. The lowest BCUT2D eigenvalue weighted by Gasteiger charge is -2.32. The van der Waals surface area contributed by atoms with Gasteiger partial charge in [-0.25, -0.2) is 0 Å². The monoisotopic (exact) mass is 617 g/mol. The third-order valence-electron chi connectivity index (χ3n) is 7.27. The maximum atomic E-state index is 14.1. The molecule has 1 fully saturated rings. The Hall–Kier alpha value is -3.43. The molecule has 1 aliphatic heterocycles. The van der Waals surface area contributed by atoms with Crippen LogP contribution in [0.25, 0.3) is 0 Å². The number of ether oxygens (including phenoxy) is 4. The summed E-state index contributed by atoms with van der Waals surface area (Å²) in [4.78, 5) is 66.4. The maximum Gasteiger partial charge on any atom is 0.308 e. The Kier molecular flexibility index (Phi) is 15.9. The highest BCUT2D eigenvalue weighted by molar-refractivity contribution is 5.95. The number of para-hydroxylation sites is 1. The molecule has 1 unspecified atom stereocenters. The minimum Gasteiger partial charge on any atom is -0.492 e. The zero-order chi connectivity index (χ0) is 32.5. The lowest BCUT2D eigenvalue weighted by Crippen LogP contribution is -2.51. The molecule has 1 saturated heterocycles. The number of amides is 1. The summed E-state index contributed by atoms with van der Waals surface area (Å²) in [7, 11) is 0. The van der Waals surface area contributed by atoms with Crippen molar-refractivity contribution in [1.82, 2.24) is 4.90 Å². The van der Waals surface area contributed by atoms with Crippen molar-refractivity contribution in [1.29, 1.82) is 0 Å². The maximum absolute atomic E-state index is 14.1. The van der Waals surface area contributed by atoms with Gasteiger partial charge in [-0.05, 0) is 65.5 Å². The molecule has 10 nitrogen and oxygen atoms in total. The zero-order valence-electron chi connectivity index (χ0n) is 27.1.